The maximum Gasteiger partial charge on any atom is 0.349 e. The normalized spacial score (nSPS) is 11.2. The Morgan fingerprint density at radius 3 is 2.54 bits per heavy atom. The van der Waals surface area contributed by atoms with E-state index in [1.807, 2.05) is 52.0 Å². The molecule has 146 valence electrons. The lowest BCUT2D eigenvalue weighted by atomic mass is 10.0. The molecule has 0 N–H and O–H groups in total. The van der Waals surface area contributed by atoms with E-state index < -0.39 is 12.6 Å². The smallest absolute Gasteiger partial charge is 0.349 e. The van der Waals surface area contributed by atoms with Crippen molar-refractivity contribution in [2.75, 3.05) is 6.61 Å². The number of aromatic nitrogens is 1. The van der Waals surface area contributed by atoms with Gasteiger partial charge in [0, 0.05) is 23.5 Å². The fourth-order valence-electron chi connectivity index (χ4n) is 3.16. The second kappa shape index (κ2) is 9.18. The number of hydrogen-bond donors (Lipinski definition) is 0. The lowest BCUT2D eigenvalue weighted by Gasteiger charge is -2.08. The molecule has 5 heteroatoms. The van der Waals surface area contributed by atoms with E-state index in [2.05, 4.69) is 11.5 Å². The topological polar surface area (TPSA) is 72.1 Å². The molecule has 5 nitrogen and oxygen atoms in total. The molecule has 0 radical (unpaired) electrons. The van der Waals surface area contributed by atoms with Gasteiger partial charge in [-0.05, 0) is 63.5 Å². The molecular formula is C23H26N2O3. The molecule has 0 bridgehead atoms. The van der Waals surface area contributed by atoms with Crippen molar-refractivity contribution in [3.8, 4) is 6.07 Å². The summed E-state index contributed by atoms with van der Waals surface area (Å²) in [6.45, 7) is 10.3. The molecule has 0 saturated heterocycles. The second-order valence-corrected chi connectivity index (χ2v) is 6.97. The Kier molecular flexibility index (Phi) is 6.94. The van der Waals surface area contributed by atoms with Crippen molar-refractivity contribution in [3.63, 3.8) is 0 Å². The Labute approximate surface area is 166 Å². The summed E-state index contributed by atoms with van der Waals surface area (Å²) in [7, 11) is 0. The average molecular weight is 378 g/mol. The Bertz CT molecular complexity index is 974. The van der Waals surface area contributed by atoms with Crippen molar-refractivity contribution < 1.29 is 14.3 Å². The van der Waals surface area contributed by atoms with Crippen LogP contribution in [0.2, 0.25) is 0 Å². The van der Waals surface area contributed by atoms with Crippen LogP contribution in [-0.2, 0) is 16.1 Å². The summed E-state index contributed by atoms with van der Waals surface area (Å²) in [5.74, 6) is -1.07. The Balaban J connectivity index is 2.15. The van der Waals surface area contributed by atoms with Gasteiger partial charge in [-0.1, -0.05) is 24.6 Å². The molecule has 0 fully saturated rings. The van der Waals surface area contributed by atoms with E-state index in [9.17, 15) is 14.9 Å². The number of benzene rings is 1. The van der Waals surface area contributed by atoms with Crippen molar-refractivity contribution in [2.24, 2.45) is 0 Å². The number of ether oxygens (including phenoxy) is 1. The molecule has 2 aromatic rings. The van der Waals surface area contributed by atoms with Gasteiger partial charge < -0.3 is 9.30 Å². The molecule has 0 atom stereocenters. The highest BCUT2D eigenvalue weighted by Gasteiger charge is 2.17. The summed E-state index contributed by atoms with van der Waals surface area (Å²) in [5.41, 5.74) is 5.06. The largest absolute Gasteiger partial charge is 0.453 e. The summed E-state index contributed by atoms with van der Waals surface area (Å²) < 4.78 is 7.27. The maximum atomic E-state index is 12.4. The predicted molar refractivity (Wildman–Crippen MR) is 109 cm³/mol. The van der Waals surface area contributed by atoms with Gasteiger partial charge in [-0.25, -0.2) is 4.79 Å². The lowest BCUT2D eigenvalue weighted by Crippen LogP contribution is -2.16. The molecule has 0 unspecified atom stereocenters. The molecule has 1 heterocycles. The SMILES string of the molecule is CCCn1c(C)cc(/C=C(\C#N)C(=O)OCC(=O)c2cc(C)ccc2C)c1C. The van der Waals surface area contributed by atoms with Crippen LogP contribution in [0.25, 0.3) is 6.08 Å². The number of Topliss-reactive ketones (excluding diaryl/α,β-unsaturated/α-hetero) is 1. The first-order valence-electron chi connectivity index (χ1n) is 9.34. The predicted octanol–water partition coefficient (Wildman–Crippen LogP) is 4.46. The van der Waals surface area contributed by atoms with E-state index in [4.69, 9.17) is 4.74 Å². The fourth-order valence-corrected chi connectivity index (χ4v) is 3.16. The summed E-state index contributed by atoms with van der Waals surface area (Å²) >= 11 is 0. The lowest BCUT2D eigenvalue weighted by molar-refractivity contribution is -0.137. The van der Waals surface area contributed by atoms with Gasteiger partial charge in [0.15, 0.2) is 6.61 Å². The molecule has 0 saturated carbocycles. The zero-order valence-electron chi connectivity index (χ0n) is 17.1. The van der Waals surface area contributed by atoms with Crippen LogP contribution in [0.1, 0.15) is 51.8 Å². The molecule has 2 rings (SSSR count). The van der Waals surface area contributed by atoms with Crippen LogP contribution >= 0.6 is 0 Å². The number of carbonyl (C=O) groups is 2. The van der Waals surface area contributed by atoms with Crippen LogP contribution in [0, 0.1) is 39.0 Å². The van der Waals surface area contributed by atoms with Gasteiger partial charge in [0.25, 0.3) is 0 Å². The Morgan fingerprint density at radius 2 is 1.89 bits per heavy atom. The molecular weight excluding hydrogens is 352 g/mol. The van der Waals surface area contributed by atoms with E-state index in [0.717, 1.165) is 41.0 Å². The van der Waals surface area contributed by atoms with E-state index in [1.165, 1.54) is 6.08 Å². The summed E-state index contributed by atoms with van der Waals surface area (Å²) in [4.78, 5) is 24.7. The minimum atomic E-state index is -0.790. The standard InChI is InChI=1S/C23H26N2O3/c1-6-9-25-17(4)11-19(18(25)5)12-20(13-24)23(27)28-14-22(26)21-10-15(2)7-8-16(21)3/h7-8,10-12H,6,9,14H2,1-5H3/b20-12+. The van der Waals surface area contributed by atoms with Gasteiger partial charge in [0.2, 0.25) is 5.78 Å². The van der Waals surface area contributed by atoms with Crippen molar-refractivity contribution in [3.05, 3.63) is 63.5 Å². The molecule has 1 aromatic heterocycles. The van der Waals surface area contributed by atoms with Gasteiger partial charge >= 0.3 is 5.97 Å². The van der Waals surface area contributed by atoms with E-state index >= 15 is 0 Å². The average Bonchev–Trinajstić information content (AvgIpc) is 2.93. The number of ketones is 1. The van der Waals surface area contributed by atoms with Gasteiger partial charge in [0.1, 0.15) is 11.6 Å². The van der Waals surface area contributed by atoms with E-state index in [0.29, 0.717) is 5.56 Å². The van der Waals surface area contributed by atoms with E-state index in [-0.39, 0.29) is 11.4 Å². The van der Waals surface area contributed by atoms with Crippen molar-refractivity contribution in [1.82, 2.24) is 4.57 Å². The third-order valence-corrected chi connectivity index (χ3v) is 4.73. The quantitative estimate of drug-likeness (QED) is 0.308. The number of carbonyl (C=O) groups excluding carboxylic acids is 2. The minimum absolute atomic E-state index is 0.120. The van der Waals surface area contributed by atoms with Crippen molar-refractivity contribution >= 4 is 17.8 Å². The van der Waals surface area contributed by atoms with Crippen LogP contribution in [0.4, 0.5) is 0 Å². The number of rotatable bonds is 7. The third kappa shape index (κ3) is 4.77. The number of nitriles is 1. The maximum absolute atomic E-state index is 12.4. The third-order valence-electron chi connectivity index (χ3n) is 4.73. The zero-order valence-corrected chi connectivity index (χ0v) is 17.1. The van der Waals surface area contributed by atoms with E-state index in [1.54, 1.807) is 6.07 Å². The van der Waals surface area contributed by atoms with Gasteiger partial charge in [0.05, 0.1) is 0 Å². The van der Waals surface area contributed by atoms with Gasteiger partial charge in [-0.2, -0.15) is 5.26 Å². The molecule has 28 heavy (non-hydrogen) atoms. The van der Waals surface area contributed by atoms with Gasteiger partial charge in [-0.3, -0.25) is 4.79 Å². The number of nitrogens with zero attached hydrogens (tertiary/aromatic N) is 2. The first kappa shape index (κ1) is 21.2. The number of esters is 1. The molecule has 0 aliphatic heterocycles. The van der Waals surface area contributed by atoms with Crippen LogP contribution in [0.5, 0.6) is 0 Å². The highest BCUT2D eigenvalue weighted by Crippen LogP contribution is 2.19. The first-order valence-corrected chi connectivity index (χ1v) is 9.34. The summed E-state index contributed by atoms with van der Waals surface area (Å²) in [6.07, 6.45) is 2.52. The van der Waals surface area contributed by atoms with Crippen LogP contribution in [-0.4, -0.2) is 22.9 Å². The Morgan fingerprint density at radius 1 is 1.18 bits per heavy atom. The highest BCUT2D eigenvalue weighted by atomic mass is 16.5. The molecule has 0 aliphatic carbocycles. The summed E-state index contributed by atoms with van der Waals surface area (Å²) in [5, 5.41) is 9.38. The minimum Gasteiger partial charge on any atom is -0.453 e. The van der Waals surface area contributed by atoms with Crippen LogP contribution in [0.15, 0.2) is 29.8 Å². The molecule has 0 aliphatic rings. The second-order valence-electron chi connectivity index (χ2n) is 6.97. The summed E-state index contributed by atoms with van der Waals surface area (Å²) in [6, 6.07) is 9.38. The number of hydrogen-bond acceptors (Lipinski definition) is 4. The first-order chi connectivity index (χ1) is 13.3. The monoisotopic (exact) mass is 378 g/mol. The van der Waals surface area contributed by atoms with Crippen molar-refractivity contribution in [1.29, 1.82) is 5.26 Å². The Hall–Kier alpha value is -3.13. The number of aryl methyl sites for hydroxylation is 3. The fraction of sp³-hybridized carbons (Fsp3) is 0.348. The molecule has 0 amide bonds. The zero-order chi connectivity index (χ0) is 20.8. The van der Waals surface area contributed by atoms with Crippen LogP contribution in [0.3, 0.4) is 0 Å². The molecule has 1 aromatic carbocycles. The molecule has 0 spiro atoms. The van der Waals surface area contributed by atoms with Gasteiger partial charge in [-0.15, -0.1) is 0 Å². The van der Waals surface area contributed by atoms with Crippen molar-refractivity contribution in [2.45, 2.75) is 47.6 Å². The highest BCUT2D eigenvalue weighted by molar-refractivity contribution is 6.02. The van der Waals surface area contributed by atoms with Crippen LogP contribution < -0.4 is 0 Å².